The van der Waals surface area contributed by atoms with E-state index in [4.69, 9.17) is 10.2 Å². The van der Waals surface area contributed by atoms with Gasteiger partial charge in [0.25, 0.3) is 0 Å². The zero-order chi connectivity index (χ0) is 11.4. The van der Waals surface area contributed by atoms with Gasteiger partial charge in [0.05, 0.1) is 12.7 Å². The van der Waals surface area contributed by atoms with Crippen LogP contribution in [0.2, 0.25) is 0 Å². The zero-order valence-electron chi connectivity index (χ0n) is 8.94. The largest absolute Gasteiger partial charge is 0.394 e. The second kappa shape index (κ2) is 5.63. The molecule has 0 rings (SSSR count). The predicted molar refractivity (Wildman–Crippen MR) is 52.9 cm³/mol. The molecule has 5 nitrogen and oxygen atoms in total. The van der Waals surface area contributed by atoms with E-state index >= 15 is 0 Å². The number of rotatable bonds is 5. The fourth-order valence-electron chi connectivity index (χ4n) is 0.896. The Morgan fingerprint density at radius 1 is 1.07 bits per heavy atom. The van der Waals surface area contributed by atoms with Crippen LogP contribution in [-0.4, -0.2) is 57.4 Å². The Morgan fingerprint density at radius 3 is 1.93 bits per heavy atom. The van der Waals surface area contributed by atoms with Crippen LogP contribution in [0.4, 0.5) is 0 Å². The van der Waals surface area contributed by atoms with Crippen LogP contribution < -0.4 is 5.32 Å². The van der Waals surface area contributed by atoms with Gasteiger partial charge >= 0.3 is 0 Å². The van der Waals surface area contributed by atoms with Gasteiger partial charge in [-0.25, -0.2) is 0 Å². The van der Waals surface area contributed by atoms with Crippen molar-refractivity contribution in [2.24, 2.45) is 0 Å². The van der Waals surface area contributed by atoms with Crippen molar-refractivity contribution in [3.05, 3.63) is 0 Å². The van der Waals surface area contributed by atoms with Crippen molar-refractivity contribution in [1.82, 2.24) is 5.32 Å². The van der Waals surface area contributed by atoms with E-state index in [1.807, 2.05) is 20.8 Å². The van der Waals surface area contributed by atoms with Gasteiger partial charge in [-0.05, 0) is 20.8 Å². The van der Waals surface area contributed by atoms with Crippen LogP contribution in [0.1, 0.15) is 20.8 Å². The maximum Gasteiger partial charge on any atom is 0.109 e. The number of aliphatic hydroxyl groups is 4. The molecule has 0 radical (unpaired) electrons. The molecule has 0 aliphatic heterocycles. The van der Waals surface area contributed by atoms with Gasteiger partial charge in [0.1, 0.15) is 12.2 Å². The van der Waals surface area contributed by atoms with E-state index in [-0.39, 0.29) is 12.1 Å². The standard InChI is InChI=1S/C9H21NO4/c1-9(2,3)10-4-6(12)8(14)7(13)5-11/h6-8,10-14H,4-5H2,1-3H3. The average Bonchev–Trinajstić information content (AvgIpc) is 2.10. The van der Waals surface area contributed by atoms with Gasteiger partial charge in [0, 0.05) is 12.1 Å². The Bertz CT molecular complexity index is 157. The van der Waals surface area contributed by atoms with Gasteiger partial charge in [0.15, 0.2) is 0 Å². The topological polar surface area (TPSA) is 93.0 Å². The minimum absolute atomic E-state index is 0.162. The molecule has 0 saturated carbocycles. The summed E-state index contributed by atoms with van der Waals surface area (Å²) in [7, 11) is 0. The highest BCUT2D eigenvalue weighted by Gasteiger charge is 2.24. The monoisotopic (exact) mass is 207 g/mol. The molecule has 0 aliphatic carbocycles. The number of hydrogen-bond donors (Lipinski definition) is 5. The first-order valence-corrected chi connectivity index (χ1v) is 4.68. The zero-order valence-corrected chi connectivity index (χ0v) is 8.94. The molecule has 0 saturated heterocycles. The van der Waals surface area contributed by atoms with Crippen molar-refractivity contribution in [2.75, 3.05) is 13.2 Å². The smallest absolute Gasteiger partial charge is 0.109 e. The van der Waals surface area contributed by atoms with Gasteiger partial charge in [-0.1, -0.05) is 0 Å². The van der Waals surface area contributed by atoms with E-state index in [1.54, 1.807) is 0 Å². The lowest BCUT2D eigenvalue weighted by Gasteiger charge is -2.26. The first kappa shape index (κ1) is 13.8. The van der Waals surface area contributed by atoms with Crippen LogP contribution in [0, 0.1) is 0 Å². The van der Waals surface area contributed by atoms with Crippen molar-refractivity contribution in [1.29, 1.82) is 0 Å². The molecular weight excluding hydrogens is 186 g/mol. The summed E-state index contributed by atoms with van der Waals surface area (Å²) < 4.78 is 0. The lowest BCUT2D eigenvalue weighted by atomic mass is 10.1. The van der Waals surface area contributed by atoms with Gasteiger partial charge < -0.3 is 25.7 Å². The molecular formula is C9H21NO4. The normalized spacial score (nSPS) is 19.1. The van der Waals surface area contributed by atoms with Crippen LogP contribution in [0.5, 0.6) is 0 Å². The minimum Gasteiger partial charge on any atom is -0.394 e. The molecule has 0 bridgehead atoms. The Labute approximate surface area is 84.4 Å². The molecule has 0 amide bonds. The molecule has 5 heteroatoms. The molecule has 0 aliphatic rings. The fourth-order valence-corrected chi connectivity index (χ4v) is 0.896. The number of aliphatic hydroxyl groups excluding tert-OH is 4. The molecule has 0 heterocycles. The highest BCUT2D eigenvalue weighted by molar-refractivity contribution is 4.79. The summed E-state index contributed by atoms with van der Waals surface area (Å²) in [6.07, 6.45) is -3.71. The molecule has 86 valence electrons. The van der Waals surface area contributed by atoms with Crippen molar-refractivity contribution in [3.8, 4) is 0 Å². The van der Waals surface area contributed by atoms with Gasteiger partial charge in [-0.15, -0.1) is 0 Å². The summed E-state index contributed by atoms with van der Waals surface area (Å²) in [5.74, 6) is 0. The SMILES string of the molecule is CC(C)(C)NCC(O)C(O)C(O)CO. The summed E-state index contributed by atoms with van der Waals surface area (Å²) in [4.78, 5) is 0. The molecule has 0 spiro atoms. The van der Waals surface area contributed by atoms with Crippen LogP contribution in [-0.2, 0) is 0 Å². The summed E-state index contributed by atoms with van der Waals surface area (Å²) in [6.45, 7) is 5.38. The van der Waals surface area contributed by atoms with E-state index in [9.17, 15) is 10.2 Å². The molecule has 0 aromatic heterocycles. The molecule has 3 unspecified atom stereocenters. The lowest BCUT2D eigenvalue weighted by Crippen LogP contribution is -2.48. The predicted octanol–water partition coefficient (Wildman–Crippen LogP) is -1.55. The number of nitrogens with one attached hydrogen (secondary N) is 1. The van der Waals surface area contributed by atoms with Crippen LogP contribution in [0.3, 0.4) is 0 Å². The molecule has 3 atom stereocenters. The maximum absolute atomic E-state index is 9.40. The molecule has 14 heavy (non-hydrogen) atoms. The average molecular weight is 207 g/mol. The Kier molecular flexibility index (Phi) is 5.54. The van der Waals surface area contributed by atoms with Crippen molar-refractivity contribution in [2.45, 2.75) is 44.6 Å². The van der Waals surface area contributed by atoms with E-state index < -0.39 is 24.9 Å². The third-order valence-electron chi connectivity index (χ3n) is 1.82. The molecule has 0 aromatic rings. The molecule has 0 fully saturated rings. The second-order valence-corrected chi connectivity index (χ2v) is 4.44. The van der Waals surface area contributed by atoms with Gasteiger partial charge in [-0.3, -0.25) is 0 Å². The summed E-state index contributed by atoms with van der Waals surface area (Å²) in [6, 6.07) is 0. The summed E-state index contributed by atoms with van der Waals surface area (Å²) in [5, 5.41) is 39.2. The highest BCUT2D eigenvalue weighted by atomic mass is 16.4. The number of β-amino-alcohol motifs (C(OH)–C–C–N with tert-alkyl or cyclic N) is 1. The minimum atomic E-state index is -1.32. The lowest BCUT2D eigenvalue weighted by molar-refractivity contribution is -0.0761. The van der Waals surface area contributed by atoms with Crippen molar-refractivity contribution >= 4 is 0 Å². The van der Waals surface area contributed by atoms with Crippen LogP contribution >= 0.6 is 0 Å². The quantitative estimate of drug-likeness (QED) is 0.376. The van der Waals surface area contributed by atoms with Gasteiger partial charge in [0.2, 0.25) is 0 Å². The third-order valence-corrected chi connectivity index (χ3v) is 1.82. The van der Waals surface area contributed by atoms with Gasteiger partial charge in [-0.2, -0.15) is 0 Å². The first-order chi connectivity index (χ1) is 6.28. The fraction of sp³-hybridized carbons (Fsp3) is 1.00. The van der Waals surface area contributed by atoms with Crippen LogP contribution in [0.15, 0.2) is 0 Å². The maximum atomic E-state index is 9.40. The van der Waals surface area contributed by atoms with E-state index in [1.165, 1.54) is 0 Å². The van der Waals surface area contributed by atoms with Crippen molar-refractivity contribution in [3.63, 3.8) is 0 Å². The van der Waals surface area contributed by atoms with E-state index in [0.717, 1.165) is 0 Å². The second-order valence-electron chi connectivity index (χ2n) is 4.44. The van der Waals surface area contributed by atoms with Crippen LogP contribution in [0.25, 0.3) is 0 Å². The summed E-state index contributed by atoms with van der Waals surface area (Å²) in [5.41, 5.74) is -0.162. The highest BCUT2D eigenvalue weighted by Crippen LogP contribution is 2.02. The third kappa shape index (κ3) is 5.51. The Hall–Kier alpha value is -0.200. The number of hydrogen-bond acceptors (Lipinski definition) is 5. The Balaban J connectivity index is 3.90. The summed E-state index contributed by atoms with van der Waals surface area (Å²) >= 11 is 0. The van der Waals surface area contributed by atoms with Crippen molar-refractivity contribution < 1.29 is 20.4 Å². The first-order valence-electron chi connectivity index (χ1n) is 4.68. The van der Waals surface area contributed by atoms with E-state index in [0.29, 0.717) is 0 Å². The van der Waals surface area contributed by atoms with E-state index in [2.05, 4.69) is 5.32 Å². The molecule has 5 N–H and O–H groups in total. The Morgan fingerprint density at radius 2 is 1.57 bits per heavy atom. The molecule has 0 aromatic carbocycles.